The van der Waals surface area contributed by atoms with E-state index >= 15 is 0 Å². The van der Waals surface area contributed by atoms with Crippen LogP contribution in [-0.2, 0) is 9.53 Å². The molecule has 1 atom stereocenters. The minimum Gasteiger partial charge on any atom is -0.492 e. The summed E-state index contributed by atoms with van der Waals surface area (Å²) >= 11 is 6.10. The quantitative estimate of drug-likeness (QED) is 0.887. The molecule has 1 aliphatic rings. The summed E-state index contributed by atoms with van der Waals surface area (Å²) in [6.07, 6.45) is 0.0222. The van der Waals surface area contributed by atoms with E-state index < -0.39 is 11.7 Å². The van der Waals surface area contributed by atoms with E-state index in [4.69, 9.17) is 21.1 Å². The summed E-state index contributed by atoms with van der Waals surface area (Å²) in [4.78, 5) is 23.6. The molecule has 0 aliphatic carbocycles. The molecule has 7 heteroatoms. The second kappa shape index (κ2) is 7.08. The first-order valence-electron chi connectivity index (χ1n) is 7.44. The summed E-state index contributed by atoms with van der Waals surface area (Å²) in [7, 11) is 0. The first kappa shape index (κ1) is 17.4. The highest BCUT2D eigenvalue weighted by Crippen LogP contribution is 2.37. The number of fused-ring (bicyclic) bond motifs is 1. The fraction of sp³-hybridized carbons (Fsp3) is 0.500. The molecule has 0 saturated carbocycles. The lowest BCUT2D eigenvalue weighted by Crippen LogP contribution is -2.41. The van der Waals surface area contributed by atoms with Gasteiger partial charge in [-0.15, -0.1) is 0 Å². The average molecular weight is 341 g/mol. The molecule has 6 nitrogen and oxygen atoms in total. The van der Waals surface area contributed by atoms with Crippen LogP contribution in [0.25, 0.3) is 0 Å². The van der Waals surface area contributed by atoms with E-state index in [1.807, 2.05) is 12.1 Å². The van der Waals surface area contributed by atoms with Gasteiger partial charge in [-0.1, -0.05) is 23.7 Å². The van der Waals surface area contributed by atoms with Crippen molar-refractivity contribution in [1.82, 2.24) is 10.6 Å². The molecule has 0 fully saturated rings. The molecule has 126 valence electrons. The van der Waals surface area contributed by atoms with Gasteiger partial charge in [-0.25, -0.2) is 4.79 Å². The van der Waals surface area contributed by atoms with Gasteiger partial charge in [-0.3, -0.25) is 4.79 Å². The fourth-order valence-electron chi connectivity index (χ4n) is 2.25. The second-order valence-corrected chi connectivity index (χ2v) is 6.68. The number of carbonyl (C=O) groups is 2. The minimum atomic E-state index is -0.622. The van der Waals surface area contributed by atoms with E-state index in [0.29, 0.717) is 23.8 Å². The number of rotatable bonds is 3. The Morgan fingerprint density at radius 1 is 1.39 bits per heavy atom. The van der Waals surface area contributed by atoms with Crippen molar-refractivity contribution in [3.05, 3.63) is 28.8 Å². The van der Waals surface area contributed by atoms with E-state index in [-0.39, 0.29) is 18.5 Å². The van der Waals surface area contributed by atoms with Gasteiger partial charge in [0, 0.05) is 12.0 Å². The van der Waals surface area contributed by atoms with Crippen molar-refractivity contribution in [2.24, 2.45) is 0 Å². The largest absolute Gasteiger partial charge is 0.492 e. The molecule has 0 saturated heterocycles. The number of ether oxygens (including phenoxy) is 2. The third-order valence-electron chi connectivity index (χ3n) is 3.15. The van der Waals surface area contributed by atoms with Crippen molar-refractivity contribution in [2.75, 3.05) is 13.2 Å². The third-order valence-corrected chi connectivity index (χ3v) is 3.45. The minimum absolute atomic E-state index is 0.151. The first-order chi connectivity index (χ1) is 10.8. The van der Waals surface area contributed by atoms with Crippen LogP contribution in [0.1, 0.15) is 38.8 Å². The van der Waals surface area contributed by atoms with Crippen LogP contribution in [0.4, 0.5) is 4.79 Å². The predicted molar refractivity (Wildman–Crippen MR) is 86.7 cm³/mol. The molecular formula is C16H21ClN2O4. The average Bonchev–Trinajstić information content (AvgIpc) is 2.44. The number of para-hydroxylation sites is 1. The van der Waals surface area contributed by atoms with E-state index in [1.54, 1.807) is 26.8 Å². The zero-order chi connectivity index (χ0) is 17.0. The van der Waals surface area contributed by atoms with Gasteiger partial charge in [-0.05, 0) is 26.8 Å². The summed E-state index contributed by atoms with van der Waals surface area (Å²) < 4.78 is 10.6. The molecule has 1 aromatic carbocycles. The van der Waals surface area contributed by atoms with E-state index in [0.717, 1.165) is 5.56 Å². The van der Waals surface area contributed by atoms with Gasteiger partial charge in [-0.2, -0.15) is 0 Å². The summed E-state index contributed by atoms with van der Waals surface area (Å²) in [6, 6.07) is 5.24. The normalized spacial score (nSPS) is 16.8. The monoisotopic (exact) mass is 340 g/mol. The Labute approximate surface area is 140 Å². The lowest BCUT2D eigenvalue weighted by molar-refractivity contribution is -0.121. The second-order valence-electron chi connectivity index (χ2n) is 6.27. The van der Waals surface area contributed by atoms with Gasteiger partial charge in [0.25, 0.3) is 0 Å². The molecule has 1 aliphatic heterocycles. The van der Waals surface area contributed by atoms with Gasteiger partial charge < -0.3 is 20.1 Å². The molecule has 1 heterocycles. The van der Waals surface area contributed by atoms with E-state index in [2.05, 4.69) is 10.6 Å². The van der Waals surface area contributed by atoms with Gasteiger partial charge >= 0.3 is 6.09 Å². The van der Waals surface area contributed by atoms with Crippen molar-refractivity contribution >= 4 is 23.6 Å². The van der Waals surface area contributed by atoms with Crippen LogP contribution >= 0.6 is 11.6 Å². The van der Waals surface area contributed by atoms with Crippen molar-refractivity contribution < 1.29 is 19.1 Å². The zero-order valence-corrected chi connectivity index (χ0v) is 14.2. The van der Waals surface area contributed by atoms with Crippen LogP contribution in [0.5, 0.6) is 5.75 Å². The molecule has 2 N–H and O–H groups in total. The van der Waals surface area contributed by atoms with Gasteiger partial charge in [0.1, 0.15) is 17.9 Å². The van der Waals surface area contributed by atoms with Gasteiger partial charge in [0.2, 0.25) is 5.91 Å². The first-order valence-corrected chi connectivity index (χ1v) is 7.81. The fourth-order valence-corrected chi connectivity index (χ4v) is 2.48. The van der Waals surface area contributed by atoms with Crippen molar-refractivity contribution in [2.45, 2.75) is 38.8 Å². The summed E-state index contributed by atoms with van der Waals surface area (Å²) in [6.45, 7) is 5.60. The maximum absolute atomic E-state index is 12.0. The van der Waals surface area contributed by atoms with E-state index in [1.165, 1.54) is 0 Å². The van der Waals surface area contributed by atoms with E-state index in [9.17, 15) is 9.59 Å². The van der Waals surface area contributed by atoms with Crippen molar-refractivity contribution in [3.63, 3.8) is 0 Å². The Morgan fingerprint density at radius 3 is 2.83 bits per heavy atom. The number of carbonyl (C=O) groups excluding carboxylic acids is 2. The SMILES string of the molecule is CC(C)(C)OC(=O)NCC(=O)N[C@@H]1CCOc2c(Cl)cccc21. The number of nitrogens with one attached hydrogen (secondary N) is 2. The number of alkyl carbamates (subject to hydrolysis) is 1. The van der Waals surface area contributed by atoms with Crippen molar-refractivity contribution in [1.29, 1.82) is 0 Å². The maximum atomic E-state index is 12.0. The van der Waals surface area contributed by atoms with Crippen LogP contribution in [0.15, 0.2) is 18.2 Å². The lowest BCUT2D eigenvalue weighted by atomic mass is 10.0. The van der Waals surface area contributed by atoms with Crippen LogP contribution in [0.2, 0.25) is 5.02 Å². The molecule has 0 spiro atoms. The molecular weight excluding hydrogens is 320 g/mol. The highest BCUT2D eigenvalue weighted by Gasteiger charge is 2.25. The number of halogens is 1. The summed E-state index contributed by atoms with van der Waals surface area (Å²) in [5.41, 5.74) is 0.242. The lowest BCUT2D eigenvalue weighted by Gasteiger charge is -2.27. The maximum Gasteiger partial charge on any atom is 0.408 e. The standard InChI is InChI=1S/C16H21ClN2O4/c1-16(2,3)23-15(21)18-9-13(20)19-12-7-8-22-14-10(12)5-4-6-11(14)17/h4-6,12H,7-9H2,1-3H3,(H,18,21)(H,19,20)/t12-/m1/s1. The van der Waals surface area contributed by atoms with Crippen LogP contribution in [0, 0.1) is 0 Å². The van der Waals surface area contributed by atoms with Gasteiger partial charge in [0.15, 0.2) is 0 Å². The predicted octanol–water partition coefficient (Wildman–Crippen LogP) is 2.80. The Hall–Kier alpha value is -1.95. The molecule has 1 aromatic rings. The van der Waals surface area contributed by atoms with Crippen LogP contribution in [0.3, 0.4) is 0 Å². The smallest absolute Gasteiger partial charge is 0.408 e. The molecule has 2 amide bonds. The molecule has 0 radical (unpaired) electrons. The molecule has 0 aromatic heterocycles. The Bertz CT molecular complexity index is 598. The summed E-state index contributed by atoms with van der Waals surface area (Å²) in [5.74, 6) is 0.305. The number of benzene rings is 1. The van der Waals surface area contributed by atoms with Crippen molar-refractivity contribution in [3.8, 4) is 5.75 Å². The number of hydrogen-bond acceptors (Lipinski definition) is 4. The Balaban J connectivity index is 1.90. The Kier molecular flexibility index (Phi) is 5.36. The van der Waals surface area contributed by atoms with Gasteiger partial charge in [0.05, 0.1) is 17.7 Å². The molecule has 2 rings (SSSR count). The molecule has 0 unspecified atom stereocenters. The zero-order valence-electron chi connectivity index (χ0n) is 13.4. The van der Waals surface area contributed by atoms with Crippen LogP contribution in [-0.4, -0.2) is 30.8 Å². The third kappa shape index (κ3) is 5.03. The highest BCUT2D eigenvalue weighted by molar-refractivity contribution is 6.32. The van der Waals surface area contributed by atoms with Crippen LogP contribution < -0.4 is 15.4 Å². The summed E-state index contributed by atoms with van der Waals surface area (Å²) in [5, 5.41) is 5.83. The molecule has 0 bridgehead atoms. The number of hydrogen-bond donors (Lipinski definition) is 2. The topological polar surface area (TPSA) is 76.7 Å². The molecule has 23 heavy (non-hydrogen) atoms. The highest BCUT2D eigenvalue weighted by atomic mass is 35.5. The number of amides is 2. The Morgan fingerprint density at radius 2 is 2.13 bits per heavy atom.